The van der Waals surface area contributed by atoms with Crippen molar-refractivity contribution in [1.82, 2.24) is 0 Å². The monoisotopic (exact) mass is 287 g/mol. The van der Waals surface area contributed by atoms with Crippen LogP contribution in [0.5, 0.6) is 5.75 Å². The predicted molar refractivity (Wildman–Crippen MR) is 79.2 cm³/mol. The minimum absolute atomic E-state index is 0.0977. The van der Waals surface area contributed by atoms with Gasteiger partial charge in [0.25, 0.3) is 5.69 Å². The summed E-state index contributed by atoms with van der Waals surface area (Å²) in [4.78, 5) is 10.5. The zero-order valence-corrected chi connectivity index (χ0v) is 11.9. The summed E-state index contributed by atoms with van der Waals surface area (Å²) in [5.74, 6) is 0.658. The van der Waals surface area contributed by atoms with Crippen LogP contribution in [0.3, 0.4) is 0 Å². The predicted octanol–water partition coefficient (Wildman–Crippen LogP) is 3.54. The lowest BCUT2D eigenvalue weighted by Crippen LogP contribution is -2.01. The summed E-state index contributed by atoms with van der Waals surface area (Å²) in [5.41, 5.74) is 2.31. The van der Waals surface area contributed by atoms with Crippen LogP contribution < -0.4 is 4.74 Å². The van der Waals surface area contributed by atoms with Gasteiger partial charge < -0.3 is 9.84 Å². The third kappa shape index (κ3) is 3.58. The van der Waals surface area contributed by atoms with E-state index in [2.05, 4.69) is 0 Å². The highest BCUT2D eigenvalue weighted by Gasteiger charge is 2.13. The topological polar surface area (TPSA) is 72.6 Å². The molecule has 0 saturated heterocycles. The Morgan fingerprint density at radius 3 is 2.48 bits per heavy atom. The Hall–Kier alpha value is -2.40. The van der Waals surface area contributed by atoms with Crippen LogP contribution in [0.25, 0.3) is 0 Å². The lowest BCUT2D eigenvalue weighted by atomic mass is 10.1. The molecule has 0 heterocycles. The van der Waals surface area contributed by atoms with Crippen molar-refractivity contribution >= 4 is 5.69 Å². The number of aliphatic hydroxyl groups excluding tert-OH is 1. The van der Waals surface area contributed by atoms with Gasteiger partial charge in [0, 0.05) is 11.6 Å². The molecule has 0 unspecified atom stereocenters. The number of aliphatic hydroxyl groups is 1. The minimum atomic E-state index is -0.516. The van der Waals surface area contributed by atoms with Gasteiger partial charge in [0.05, 0.1) is 11.0 Å². The molecule has 2 rings (SSSR count). The molecule has 0 aromatic heterocycles. The molecule has 0 spiro atoms. The van der Waals surface area contributed by atoms with Gasteiger partial charge in [0.1, 0.15) is 12.4 Å². The lowest BCUT2D eigenvalue weighted by molar-refractivity contribution is -0.385. The first-order chi connectivity index (χ1) is 9.99. The first kappa shape index (κ1) is 15.0. The van der Waals surface area contributed by atoms with Gasteiger partial charge in [-0.15, -0.1) is 0 Å². The Balaban J connectivity index is 2.09. The second-order valence-corrected chi connectivity index (χ2v) is 4.85. The molecule has 5 heteroatoms. The maximum absolute atomic E-state index is 10.9. The highest BCUT2D eigenvalue weighted by atomic mass is 16.6. The van der Waals surface area contributed by atoms with E-state index in [-0.39, 0.29) is 12.3 Å². The summed E-state index contributed by atoms with van der Waals surface area (Å²) < 4.78 is 5.64. The van der Waals surface area contributed by atoms with E-state index in [9.17, 15) is 15.2 Å². The zero-order chi connectivity index (χ0) is 15.4. The molecule has 0 bridgehead atoms. The van der Waals surface area contributed by atoms with E-state index in [1.807, 2.05) is 6.07 Å². The van der Waals surface area contributed by atoms with Crippen LogP contribution in [0, 0.1) is 17.0 Å². The molecule has 1 N–H and O–H groups in total. The molecular weight excluding hydrogens is 270 g/mol. The van der Waals surface area contributed by atoms with Crippen LogP contribution in [-0.2, 0) is 6.61 Å². The van der Waals surface area contributed by atoms with Crippen molar-refractivity contribution in [1.29, 1.82) is 0 Å². The van der Waals surface area contributed by atoms with E-state index >= 15 is 0 Å². The maximum Gasteiger partial charge on any atom is 0.272 e. The molecule has 0 amide bonds. The Morgan fingerprint density at radius 1 is 1.24 bits per heavy atom. The van der Waals surface area contributed by atoms with Gasteiger partial charge in [0.2, 0.25) is 0 Å². The van der Waals surface area contributed by atoms with Crippen LogP contribution in [-0.4, -0.2) is 10.0 Å². The largest absolute Gasteiger partial charge is 0.489 e. The molecule has 0 radical (unpaired) electrons. The number of rotatable bonds is 5. The number of nitrogens with zero attached hydrogens (tertiary/aromatic N) is 1. The van der Waals surface area contributed by atoms with Crippen LogP contribution in [0.15, 0.2) is 42.5 Å². The van der Waals surface area contributed by atoms with Crippen LogP contribution in [0.1, 0.15) is 29.7 Å². The number of hydrogen-bond donors (Lipinski definition) is 1. The minimum Gasteiger partial charge on any atom is -0.489 e. The fraction of sp³-hybridized carbons (Fsp3) is 0.250. The fourth-order valence-electron chi connectivity index (χ4n) is 2.03. The quantitative estimate of drug-likeness (QED) is 0.674. The van der Waals surface area contributed by atoms with Crippen molar-refractivity contribution in [3.8, 4) is 5.75 Å². The molecule has 0 aliphatic heterocycles. The van der Waals surface area contributed by atoms with Gasteiger partial charge in [0.15, 0.2) is 0 Å². The average molecular weight is 287 g/mol. The van der Waals surface area contributed by atoms with Crippen molar-refractivity contribution in [3.05, 3.63) is 69.3 Å². The van der Waals surface area contributed by atoms with E-state index in [1.54, 1.807) is 44.2 Å². The Labute approximate surface area is 123 Å². The summed E-state index contributed by atoms with van der Waals surface area (Å²) in [6, 6.07) is 12.1. The van der Waals surface area contributed by atoms with E-state index in [0.29, 0.717) is 11.3 Å². The molecule has 110 valence electrons. The van der Waals surface area contributed by atoms with Gasteiger partial charge in [-0.25, -0.2) is 0 Å². The molecule has 0 aliphatic rings. The van der Waals surface area contributed by atoms with Gasteiger partial charge in [-0.1, -0.05) is 24.3 Å². The summed E-state index contributed by atoms with van der Waals surface area (Å²) in [6.45, 7) is 3.68. The Bertz CT molecular complexity index is 635. The molecule has 21 heavy (non-hydrogen) atoms. The normalized spacial score (nSPS) is 12.0. The number of hydrogen-bond acceptors (Lipinski definition) is 4. The molecule has 0 fully saturated rings. The van der Waals surface area contributed by atoms with Crippen LogP contribution in [0.2, 0.25) is 0 Å². The zero-order valence-electron chi connectivity index (χ0n) is 11.9. The number of ether oxygens (including phenoxy) is 1. The lowest BCUT2D eigenvalue weighted by Gasteiger charge is -2.10. The smallest absolute Gasteiger partial charge is 0.272 e. The van der Waals surface area contributed by atoms with Crippen LogP contribution in [0.4, 0.5) is 5.69 Å². The van der Waals surface area contributed by atoms with E-state index < -0.39 is 11.0 Å². The number of nitro groups is 1. The number of benzene rings is 2. The molecule has 0 aliphatic carbocycles. The standard InChI is InChI=1S/C16H17NO4/c1-11-14(4-3-5-16(11)17(19)20)10-21-15-8-6-13(7-9-15)12(2)18/h3-9,12,18H,10H2,1-2H3/t12-/m0/s1. The molecule has 1 atom stereocenters. The first-order valence-corrected chi connectivity index (χ1v) is 6.62. The Morgan fingerprint density at radius 2 is 1.90 bits per heavy atom. The van der Waals surface area contributed by atoms with Gasteiger partial charge in [-0.05, 0) is 37.1 Å². The summed E-state index contributed by atoms with van der Waals surface area (Å²) in [7, 11) is 0. The molecule has 2 aromatic rings. The van der Waals surface area contributed by atoms with Crippen molar-refractivity contribution in [3.63, 3.8) is 0 Å². The van der Waals surface area contributed by atoms with E-state index in [4.69, 9.17) is 4.74 Å². The summed E-state index contributed by atoms with van der Waals surface area (Å²) in [6.07, 6.45) is -0.516. The van der Waals surface area contributed by atoms with Crippen molar-refractivity contribution in [2.75, 3.05) is 0 Å². The van der Waals surface area contributed by atoms with E-state index in [0.717, 1.165) is 11.1 Å². The third-order valence-electron chi connectivity index (χ3n) is 3.37. The summed E-state index contributed by atoms with van der Waals surface area (Å²) in [5, 5.41) is 20.3. The molecule has 0 saturated carbocycles. The second kappa shape index (κ2) is 6.37. The van der Waals surface area contributed by atoms with Crippen molar-refractivity contribution in [2.45, 2.75) is 26.6 Å². The third-order valence-corrected chi connectivity index (χ3v) is 3.37. The SMILES string of the molecule is Cc1c(COc2ccc([C@H](C)O)cc2)cccc1[N+](=O)[O-]. The molecule has 2 aromatic carbocycles. The fourth-order valence-corrected chi connectivity index (χ4v) is 2.03. The van der Waals surface area contributed by atoms with Gasteiger partial charge in [-0.2, -0.15) is 0 Å². The van der Waals surface area contributed by atoms with Crippen molar-refractivity contribution in [2.24, 2.45) is 0 Å². The van der Waals surface area contributed by atoms with E-state index in [1.165, 1.54) is 6.07 Å². The summed E-state index contributed by atoms with van der Waals surface area (Å²) >= 11 is 0. The van der Waals surface area contributed by atoms with Crippen LogP contribution >= 0.6 is 0 Å². The first-order valence-electron chi connectivity index (χ1n) is 6.62. The highest BCUT2D eigenvalue weighted by Crippen LogP contribution is 2.23. The second-order valence-electron chi connectivity index (χ2n) is 4.85. The Kier molecular flexibility index (Phi) is 4.55. The van der Waals surface area contributed by atoms with Gasteiger partial charge >= 0.3 is 0 Å². The van der Waals surface area contributed by atoms with Crippen molar-refractivity contribution < 1.29 is 14.8 Å². The maximum atomic E-state index is 10.9. The van der Waals surface area contributed by atoms with Gasteiger partial charge in [-0.3, -0.25) is 10.1 Å². The molecule has 5 nitrogen and oxygen atoms in total. The molecular formula is C16H17NO4. The average Bonchev–Trinajstić information content (AvgIpc) is 2.46. The highest BCUT2D eigenvalue weighted by molar-refractivity contribution is 5.44. The number of nitro benzene ring substituents is 1.